The molecule has 0 radical (unpaired) electrons. The lowest BCUT2D eigenvalue weighted by atomic mass is 10.4. The van der Waals surface area contributed by atoms with Gasteiger partial charge in [0, 0.05) is 18.2 Å². The zero-order valence-corrected chi connectivity index (χ0v) is 9.53. The van der Waals surface area contributed by atoms with Crippen LogP contribution in [0.2, 0.25) is 0 Å². The van der Waals surface area contributed by atoms with Crippen LogP contribution in [-0.4, -0.2) is 29.8 Å². The number of nitrogens with zero attached hydrogens (tertiary/aromatic N) is 6. The summed E-state index contributed by atoms with van der Waals surface area (Å²) in [6, 6.07) is 0.638. The maximum atomic E-state index is 4.37. The molecule has 4 rings (SSSR count). The molecule has 0 aromatic carbocycles. The van der Waals surface area contributed by atoms with Gasteiger partial charge in [-0.15, -0.1) is 15.3 Å². The molecule has 0 aliphatic heterocycles. The number of hydrogen-bond donors (Lipinski definition) is 0. The minimum atomic E-state index is 0.638. The van der Waals surface area contributed by atoms with E-state index in [-0.39, 0.29) is 0 Å². The maximum Gasteiger partial charge on any atom is 0.155 e. The van der Waals surface area contributed by atoms with Crippen LogP contribution < -0.4 is 0 Å². The molecule has 2 aliphatic rings. The highest BCUT2D eigenvalue weighted by molar-refractivity contribution is 5.12. The van der Waals surface area contributed by atoms with Crippen LogP contribution in [0.15, 0.2) is 12.4 Å². The molecule has 0 spiro atoms. The molecule has 2 aromatic rings. The minimum Gasteiger partial charge on any atom is -0.310 e. The Hall–Kier alpha value is -1.72. The van der Waals surface area contributed by atoms with Crippen LogP contribution in [-0.2, 0) is 6.54 Å². The molecule has 2 fully saturated rings. The summed E-state index contributed by atoms with van der Waals surface area (Å²) in [7, 11) is 0. The lowest BCUT2D eigenvalue weighted by Crippen LogP contribution is -2.10. The van der Waals surface area contributed by atoms with Crippen molar-refractivity contribution in [2.75, 3.05) is 0 Å². The van der Waals surface area contributed by atoms with Gasteiger partial charge in [-0.05, 0) is 25.7 Å². The molecule has 0 amide bonds. The Labute approximate surface area is 98.7 Å². The first-order valence-corrected chi connectivity index (χ1v) is 6.19. The Bertz CT molecular complexity index is 520. The minimum absolute atomic E-state index is 0.638. The van der Waals surface area contributed by atoms with E-state index in [0.717, 1.165) is 5.82 Å². The molecule has 17 heavy (non-hydrogen) atoms. The van der Waals surface area contributed by atoms with E-state index in [1.54, 1.807) is 10.9 Å². The van der Waals surface area contributed by atoms with E-state index >= 15 is 0 Å². The molecule has 2 aliphatic carbocycles. The Morgan fingerprint density at radius 3 is 2.71 bits per heavy atom. The van der Waals surface area contributed by atoms with Gasteiger partial charge < -0.3 is 4.57 Å². The van der Waals surface area contributed by atoms with Gasteiger partial charge in [-0.3, -0.25) is 0 Å². The molecule has 0 unspecified atom stereocenters. The zero-order chi connectivity index (χ0) is 11.2. The third-order valence-corrected chi connectivity index (χ3v) is 3.42. The molecular weight excluding hydrogens is 216 g/mol. The van der Waals surface area contributed by atoms with Gasteiger partial charge in [-0.1, -0.05) is 5.21 Å². The summed E-state index contributed by atoms with van der Waals surface area (Å²) >= 11 is 0. The zero-order valence-electron chi connectivity index (χ0n) is 9.53. The third-order valence-electron chi connectivity index (χ3n) is 3.42. The standard InChI is InChI=1S/C11H14N6/c1-2-8(1)11-14-13-10(17(11)9-3-4-9)7-16-6-5-12-15-16/h5-6,8-9H,1-4,7H2. The first-order chi connectivity index (χ1) is 8.42. The SMILES string of the molecule is c1cn(Cc2nnc(C3CC3)n2C2CC2)nn1. The van der Waals surface area contributed by atoms with Crippen LogP contribution in [0.1, 0.15) is 49.3 Å². The normalized spacial score (nSPS) is 19.8. The van der Waals surface area contributed by atoms with Crippen molar-refractivity contribution in [2.24, 2.45) is 0 Å². The summed E-state index contributed by atoms with van der Waals surface area (Å²) in [6.07, 6.45) is 8.63. The van der Waals surface area contributed by atoms with Gasteiger partial charge in [-0.25, -0.2) is 4.68 Å². The highest BCUT2D eigenvalue weighted by Gasteiger charge is 2.36. The van der Waals surface area contributed by atoms with Crippen molar-refractivity contribution < 1.29 is 0 Å². The quantitative estimate of drug-likeness (QED) is 0.790. The van der Waals surface area contributed by atoms with Crippen LogP contribution in [0.25, 0.3) is 0 Å². The first kappa shape index (κ1) is 9.32. The largest absolute Gasteiger partial charge is 0.310 e. The van der Waals surface area contributed by atoms with E-state index in [1.807, 2.05) is 6.20 Å². The van der Waals surface area contributed by atoms with Crippen molar-refractivity contribution >= 4 is 0 Å². The average molecular weight is 230 g/mol. The summed E-state index contributed by atoms with van der Waals surface area (Å²) in [6.45, 7) is 0.677. The Morgan fingerprint density at radius 1 is 1.18 bits per heavy atom. The van der Waals surface area contributed by atoms with E-state index in [9.17, 15) is 0 Å². The second-order valence-corrected chi connectivity index (χ2v) is 4.95. The lowest BCUT2D eigenvalue weighted by molar-refractivity contribution is 0.572. The Morgan fingerprint density at radius 2 is 2.06 bits per heavy atom. The number of hydrogen-bond acceptors (Lipinski definition) is 4. The molecule has 2 aromatic heterocycles. The second kappa shape index (κ2) is 3.38. The predicted octanol–water partition coefficient (Wildman–Crippen LogP) is 1.13. The molecular formula is C11H14N6. The summed E-state index contributed by atoms with van der Waals surface area (Å²) in [4.78, 5) is 0. The van der Waals surface area contributed by atoms with Crippen LogP contribution >= 0.6 is 0 Å². The van der Waals surface area contributed by atoms with Gasteiger partial charge in [-0.2, -0.15) is 0 Å². The predicted molar refractivity (Wildman–Crippen MR) is 59.4 cm³/mol. The molecule has 2 heterocycles. The van der Waals surface area contributed by atoms with Gasteiger partial charge in [0.15, 0.2) is 5.82 Å². The van der Waals surface area contributed by atoms with E-state index < -0.39 is 0 Å². The molecule has 6 heteroatoms. The van der Waals surface area contributed by atoms with Crippen LogP contribution in [0.4, 0.5) is 0 Å². The van der Waals surface area contributed by atoms with Gasteiger partial charge >= 0.3 is 0 Å². The highest BCUT2D eigenvalue weighted by Crippen LogP contribution is 2.44. The fraction of sp³-hybridized carbons (Fsp3) is 0.636. The van der Waals surface area contributed by atoms with E-state index in [4.69, 9.17) is 0 Å². The number of aromatic nitrogens is 6. The molecule has 0 saturated heterocycles. The molecule has 0 N–H and O–H groups in total. The smallest absolute Gasteiger partial charge is 0.155 e. The fourth-order valence-corrected chi connectivity index (χ4v) is 2.26. The molecule has 88 valence electrons. The van der Waals surface area contributed by atoms with Crippen molar-refractivity contribution in [1.29, 1.82) is 0 Å². The van der Waals surface area contributed by atoms with Gasteiger partial charge in [0.05, 0.1) is 6.20 Å². The fourth-order valence-electron chi connectivity index (χ4n) is 2.26. The van der Waals surface area contributed by atoms with Crippen LogP contribution in [0, 0.1) is 0 Å². The van der Waals surface area contributed by atoms with Crippen LogP contribution in [0.3, 0.4) is 0 Å². The molecule has 0 bridgehead atoms. The maximum absolute atomic E-state index is 4.37. The topological polar surface area (TPSA) is 61.4 Å². The van der Waals surface area contributed by atoms with E-state index in [2.05, 4.69) is 25.1 Å². The average Bonchev–Trinajstić information content (AvgIpc) is 3.26. The molecule has 0 atom stereocenters. The van der Waals surface area contributed by atoms with Crippen molar-refractivity contribution in [3.63, 3.8) is 0 Å². The van der Waals surface area contributed by atoms with Crippen molar-refractivity contribution in [1.82, 2.24) is 29.8 Å². The van der Waals surface area contributed by atoms with Gasteiger partial charge in [0.2, 0.25) is 0 Å². The summed E-state index contributed by atoms with van der Waals surface area (Å²) in [5.41, 5.74) is 0. The second-order valence-electron chi connectivity index (χ2n) is 4.95. The number of rotatable bonds is 4. The summed E-state index contributed by atoms with van der Waals surface area (Å²) in [5, 5.41) is 16.5. The van der Waals surface area contributed by atoms with Gasteiger partial charge in [0.25, 0.3) is 0 Å². The highest BCUT2D eigenvalue weighted by atomic mass is 15.4. The third kappa shape index (κ3) is 1.64. The van der Waals surface area contributed by atoms with E-state index in [1.165, 1.54) is 31.5 Å². The lowest BCUT2D eigenvalue weighted by Gasteiger charge is -2.07. The Kier molecular flexibility index (Phi) is 1.86. The van der Waals surface area contributed by atoms with Crippen LogP contribution in [0.5, 0.6) is 0 Å². The molecule has 6 nitrogen and oxygen atoms in total. The van der Waals surface area contributed by atoms with Gasteiger partial charge in [0.1, 0.15) is 12.4 Å². The van der Waals surface area contributed by atoms with Crippen molar-refractivity contribution in [2.45, 2.75) is 44.2 Å². The Balaban J connectivity index is 1.69. The first-order valence-electron chi connectivity index (χ1n) is 6.19. The molecule has 2 saturated carbocycles. The summed E-state index contributed by atoms with van der Waals surface area (Å²) < 4.78 is 4.15. The monoisotopic (exact) mass is 230 g/mol. The summed E-state index contributed by atoms with van der Waals surface area (Å²) in [5.74, 6) is 2.88. The van der Waals surface area contributed by atoms with Crippen molar-refractivity contribution in [3.8, 4) is 0 Å². The van der Waals surface area contributed by atoms with E-state index in [0.29, 0.717) is 18.5 Å². The van der Waals surface area contributed by atoms with Crippen molar-refractivity contribution in [3.05, 3.63) is 24.0 Å².